The minimum atomic E-state index is 0.329. The van der Waals surface area contributed by atoms with Crippen molar-refractivity contribution in [1.29, 1.82) is 0 Å². The number of piperidine rings is 1. The number of carbonyl (C=O) groups is 1. The average molecular weight is 350 g/mol. The van der Waals surface area contributed by atoms with Gasteiger partial charge in [-0.1, -0.05) is 6.92 Å². The van der Waals surface area contributed by atoms with Crippen LogP contribution in [0.25, 0.3) is 0 Å². The second-order valence-electron chi connectivity index (χ2n) is 6.52. The van der Waals surface area contributed by atoms with Crippen molar-refractivity contribution in [3.8, 4) is 0 Å². The van der Waals surface area contributed by atoms with Crippen LogP contribution in [0.5, 0.6) is 0 Å². The predicted molar refractivity (Wildman–Crippen MR) is 97.2 cm³/mol. The topological polar surface area (TPSA) is 69.6 Å². The fourth-order valence-corrected chi connectivity index (χ4v) is 3.78. The number of hydrogen-bond acceptors (Lipinski definition) is 4. The van der Waals surface area contributed by atoms with Gasteiger partial charge >= 0.3 is 0 Å². The van der Waals surface area contributed by atoms with Crippen molar-refractivity contribution < 1.29 is 4.79 Å². The van der Waals surface area contributed by atoms with E-state index >= 15 is 0 Å². The minimum absolute atomic E-state index is 0.329. The van der Waals surface area contributed by atoms with Gasteiger partial charge in [0.1, 0.15) is 5.01 Å². The molecule has 1 amide bonds. The lowest BCUT2D eigenvalue weighted by atomic mass is 10.0. The molecule has 0 atom stereocenters. The highest BCUT2D eigenvalue weighted by Gasteiger charge is 2.34. The molecular formula is C17H27N5OS. The Kier molecular flexibility index (Phi) is 5.71. The number of likely N-dealkylation sites (tertiary alicyclic amines) is 1. The molecule has 0 radical (unpaired) electrons. The number of thiazole rings is 1. The van der Waals surface area contributed by atoms with E-state index in [2.05, 4.69) is 27.5 Å². The van der Waals surface area contributed by atoms with Crippen molar-refractivity contribution in [2.24, 2.45) is 10.9 Å². The first kappa shape index (κ1) is 17.2. The molecule has 132 valence electrons. The van der Waals surface area contributed by atoms with Crippen LogP contribution >= 0.6 is 11.3 Å². The lowest BCUT2D eigenvalue weighted by Crippen LogP contribution is -2.49. The first-order valence-corrected chi connectivity index (χ1v) is 9.70. The Hall–Kier alpha value is -1.63. The Morgan fingerprint density at radius 1 is 1.38 bits per heavy atom. The minimum Gasteiger partial charge on any atom is -0.354 e. The zero-order valence-corrected chi connectivity index (χ0v) is 15.4. The molecule has 0 bridgehead atoms. The van der Waals surface area contributed by atoms with E-state index in [9.17, 15) is 4.79 Å². The van der Waals surface area contributed by atoms with Crippen LogP contribution in [0.15, 0.2) is 11.2 Å². The molecule has 2 N–H and O–H groups in total. The summed E-state index contributed by atoms with van der Waals surface area (Å²) in [6, 6.07) is 0.377. The van der Waals surface area contributed by atoms with Crippen LogP contribution in [0, 0.1) is 5.92 Å². The molecule has 7 heteroatoms. The van der Waals surface area contributed by atoms with Crippen LogP contribution in [-0.2, 0) is 17.8 Å². The van der Waals surface area contributed by atoms with E-state index in [1.807, 2.05) is 11.1 Å². The van der Waals surface area contributed by atoms with Crippen LogP contribution in [0.3, 0.4) is 0 Å². The largest absolute Gasteiger partial charge is 0.354 e. The molecule has 24 heavy (non-hydrogen) atoms. The normalized spacial score (nSPS) is 19.4. The van der Waals surface area contributed by atoms with Gasteiger partial charge in [-0.2, -0.15) is 0 Å². The molecule has 2 fully saturated rings. The maximum atomic E-state index is 12.1. The molecule has 0 spiro atoms. The molecule has 1 aromatic rings. The van der Waals surface area contributed by atoms with Crippen molar-refractivity contribution in [3.63, 3.8) is 0 Å². The van der Waals surface area contributed by atoms with Crippen molar-refractivity contribution in [2.75, 3.05) is 20.1 Å². The van der Waals surface area contributed by atoms with E-state index in [1.54, 1.807) is 18.4 Å². The lowest BCUT2D eigenvalue weighted by Gasteiger charge is -2.33. The summed E-state index contributed by atoms with van der Waals surface area (Å²) in [5.74, 6) is 1.51. The maximum Gasteiger partial charge on any atom is 0.225 e. The highest BCUT2D eigenvalue weighted by molar-refractivity contribution is 7.11. The Morgan fingerprint density at radius 3 is 2.71 bits per heavy atom. The average Bonchev–Trinajstić information content (AvgIpc) is 3.37. The Labute approximate surface area is 147 Å². The maximum absolute atomic E-state index is 12.1. The molecule has 1 aliphatic heterocycles. The van der Waals surface area contributed by atoms with Gasteiger partial charge in [-0.05, 0) is 32.1 Å². The van der Waals surface area contributed by atoms with E-state index in [4.69, 9.17) is 0 Å². The van der Waals surface area contributed by atoms with Gasteiger partial charge in [0.2, 0.25) is 5.91 Å². The van der Waals surface area contributed by atoms with E-state index in [1.165, 1.54) is 4.88 Å². The summed E-state index contributed by atoms with van der Waals surface area (Å²) in [6.45, 7) is 4.56. The number of aryl methyl sites for hydroxylation is 1. The molecule has 1 aromatic heterocycles. The summed E-state index contributed by atoms with van der Waals surface area (Å²) in [7, 11) is 1.79. The third kappa shape index (κ3) is 4.47. The predicted octanol–water partition coefficient (Wildman–Crippen LogP) is 1.77. The molecule has 1 saturated heterocycles. The van der Waals surface area contributed by atoms with Crippen molar-refractivity contribution >= 4 is 23.2 Å². The van der Waals surface area contributed by atoms with E-state index < -0.39 is 0 Å². The molecule has 2 heterocycles. The fraction of sp³-hybridized carbons (Fsp3) is 0.706. The van der Waals surface area contributed by atoms with Gasteiger partial charge in [-0.3, -0.25) is 9.79 Å². The number of amides is 1. The van der Waals surface area contributed by atoms with Gasteiger partial charge in [0, 0.05) is 43.2 Å². The molecule has 2 aliphatic rings. The van der Waals surface area contributed by atoms with Gasteiger partial charge in [0.15, 0.2) is 5.96 Å². The summed E-state index contributed by atoms with van der Waals surface area (Å²) in [6.07, 6.45) is 7.12. The number of carbonyl (C=O) groups excluding carboxylic acids is 1. The van der Waals surface area contributed by atoms with Crippen LogP contribution in [-0.4, -0.2) is 47.9 Å². The Balaban J connectivity index is 1.41. The molecule has 0 unspecified atom stereocenters. The van der Waals surface area contributed by atoms with Crippen LogP contribution in [0.1, 0.15) is 42.5 Å². The highest BCUT2D eigenvalue weighted by Crippen LogP contribution is 2.31. The quantitative estimate of drug-likeness (QED) is 0.628. The van der Waals surface area contributed by atoms with Gasteiger partial charge in [0.25, 0.3) is 0 Å². The first-order chi connectivity index (χ1) is 11.7. The van der Waals surface area contributed by atoms with Crippen LogP contribution in [0.4, 0.5) is 0 Å². The first-order valence-electron chi connectivity index (χ1n) is 8.89. The Morgan fingerprint density at radius 2 is 2.12 bits per heavy atom. The number of hydrogen-bond donors (Lipinski definition) is 2. The molecule has 1 saturated carbocycles. The summed E-state index contributed by atoms with van der Waals surface area (Å²) >= 11 is 1.74. The summed E-state index contributed by atoms with van der Waals surface area (Å²) < 4.78 is 0. The van der Waals surface area contributed by atoms with Crippen molar-refractivity contribution in [2.45, 2.75) is 51.6 Å². The van der Waals surface area contributed by atoms with E-state index in [0.717, 1.165) is 56.2 Å². The number of rotatable bonds is 5. The van der Waals surface area contributed by atoms with Gasteiger partial charge < -0.3 is 15.5 Å². The molecular weight excluding hydrogens is 322 g/mol. The lowest BCUT2D eigenvalue weighted by molar-refractivity contribution is -0.133. The van der Waals surface area contributed by atoms with E-state index in [0.29, 0.717) is 24.4 Å². The van der Waals surface area contributed by atoms with E-state index in [-0.39, 0.29) is 0 Å². The third-order valence-corrected chi connectivity index (χ3v) is 5.80. The van der Waals surface area contributed by atoms with Crippen LogP contribution in [0.2, 0.25) is 0 Å². The number of aliphatic imine (C=N–C) groups is 1. The molecule has 0 aromatic carbocycles. The standard InChI is InChI=1S/C17H27N5OS/c1-3-14-10-19-15(24-14)11-20-17(18-2)21-13-6-8-22(9-7-13)16(23)12-4-5-12/h10,12-13H,3-9,11H2,1-2H3,(H2,18,20,21). The van der Waals surface area contributed by atoms with Crippen LogP contribution < -0.4 is 10.6 Å². The monoisotopic (exact) mass is 349 g/mol. The van der Waals surface area contributed by atoms with Crippen molar-refractivity contribution in [3.05, 3.63) is 16.1 Å². The second kappa shape index (κ2) is 7.96. The summed E-state index contributed by atoms with van der Waals surface area (Å²) in [5, 5.41) is 7.90. The fourth-order valence-electron chi connectivity index (χ4n) is 2.97. The highest BCUT2D eigenvalue weighted by atomic mass is 32.1. The van der Waals surface area contributed by atoms with Gasteiger partial charge in [-0.25, -0.2) is 4.98 Å². The number of guanidine groups is 1. The summed E-state index contributed by atoms with van der Waals surface area (Å²) in [4.78, 5) is 24.2. The smallest absolute Gasteiger partial charge is 0.225 e. The molecule has 3 rings (SSSR count). The number of aromatic nitrogens is 1. The van der Waals surface area contributed by atoms with Gasteiger partial charge in [-0.15, -0.1) is 11.3 Å². The Bertz CT molecular complexity index is 588. The summed E-state index contributed by atoms with van der Waals surface area (Å²) in [5.41, 5.74) is 0. The number of nitrogens with one attached hydrogen (secondary N) is 2. The zero-order valence-electron chi connectivity index (χ0n) is 14.5. The zero-order chi connectivity index (χ0) is 16.9. The SMILES string of the molecule is CCc1cnc(CNC(=NC)NC2CCN(C(=O)C3CC3)CC2)s1. The number of nitrogens with zero attached hydrogens (tertiary/aromatic N) is 3. The third-order valence-electron chi connectivity index (χ3n) is 4.65. The molecule has 6 nitrogen and oxygen atoms in total. The molecule has 1 aliphatic carbocycles. The van der Waals surface area contributed by atoms with Gasteiger partial charge in [0.05, 0.1) is 6.54 Å². The van der Waals surface area contributed by atoms with Crippen molar-refractivity contribution in [1.82, 2.24) is 20.5 Å². The second-order valence-corrected chi connectivity index (χ2v) is 7.72.